The van der Waals surface area contributed by atoms with Crippen LogP contribution in [0.2, 0.25) is 0 Å². The van der Waals surface area contributed by atoms with E-state index in [1.807, 2.05) is 30.9 Å². The average Bonchev–Trinajstić information content (AvgIpc) is 2.89. The number of anilines is 1. The predicted molar refractivity (Wildman–Crippen MR) is 94.9 cm³/mol. The van der Waals surface area contributed by atoms with E-state index in [0.29, 0.717) is 31.1 Å². The van der Waals surface area contributed by atoms with Gasteiger partial charge in [-0.05, 0) is 44.5 Å². The quantitative estimate of drug-likeness (QED) is 0.846. The normalized spacial score (nSPS) is 15.0. The largest absolute Gasteiger partial charge is 0.477 e. The molecule has 1 fully saturated rings. The Balaban J connectivity index is 1.70. The van der Waals surface area contributed by atoms with Crippen LogP contribution in [0.3, 0.4) is 0 Å². The molecule has 0 atom stereocenters. The summed E-state index contributed by atoms with van der Waals surface area (Å²) in [5, 5.41) is 8.37. The van der Waals surface area contributed by atoms with E-state index in [1.165, 1.54) is 0 Å². The minimum absolute atomic E-state index is 0.0339. The second kappa shape index (κ2) is 7.92. The first-order chi connectivity index (χ1) is 12.2. The van der Waals surface area contributed by atoms with Crippen LogP contribution in [-0.2, 0) is 0 Å². The zero-order valence-electron chi connectivity index (χ0n) is 14.7. The first kappa shape index (κ1) is 17.1. The van der Waals surface area contributed by atoms with Gasteiger partial charge in [0.15, 0.2) is 5.82 Å². The van der Waals surface area contributed by atoms with Crippen molar-refractivity contribution in [2.45, 2.75) is 20.3 Å². The lowest BCUT2D eigenvalue weighted by Gasteiger charge is -2.23. The van der Waals surface area contributed by atoms with Crippen LogP contribution in [0.15, 0.2) is 30.5 Å². The second-order valence-electron chi connectivity index (χ2n) is 5.95. The number of aryl methyl sites for hydroxylation is 1. The summed E-state index contributed by atoms with van der Waals surface area (Å²) in [6.07, 6.45) is 2.52. The maximum Gasteiger partial charge on any atom is 0.259 e. The summed E-state index contributed by atoms with van der Waals surface area (Å²) >= 11 is 0. The number of amides is 1. The lowest BCUT2D eigenvalue weighted by atomic mass is 10.2. The van der Waals surface area contributed by atoms with Crippen LogP contribution in [0.25, 0.3) is 0 Å². The highest BCUT2D eigenvalue weighted by molar-refractivity contribution is 5.96. The van der Waals surface area contributed by atoms with Gasteiger partial charge in [-0.1, -0.05) is 0 Å². The van der Waals surface area contributed by atoms with E-state index in [4.69, 9.17) is 4.74 Å². The molecule has 1 amide bonds. The number of hydrogen-bond donors (Lipinski definition) is 0. The molecule has 7 heteroatoms. The Labute approximate surface area is 147 Å². The zero-order valence-corrected chi connectivity index (χ0v) is 14.7. The minimum Gasteiger partial charge on any atom is -0.477 e. The molecule has 3 heterocycles. The van der Waals surface area contributed by atoms with E-state index in [-0.39, 0.29) is 5.91 Å². The first-order valence-corrected chi connectivity index (χ1v) is 8.61. The fraction of sp³-hybridized carbons (Fsp3) is 0.444. The van der Waals surface area contributed by atoms with Crippen molar-refractivity contribution in [1.29, 1.82) is 0 Å². The Hall–Kier alpha value is -2.70. The molecular weight excluding hydrogens is 318 g/mol. The molecule has 0 aliphatic carbocycles. The van der Waals surface area contributed by atoms with Crippen molar-refractivity contribution in [3.05, 3.63) is 41.7 Å². The predicted octanol–water partition coefficient (Wildman–Crippen LogP) is 1.93. The number of pyridine rings is 1. The van der Waals surface area contributed by atoms with Crippen molar-refractivity contribution in [2.24, 2.45) is 0 Å². The lowest BCUT2D eigenvalue weighted by molar-refractivity contribution is 0.0762. The van der Waals surface area contributed by atoms with Gasteiger partial charge in [-0.15, -0.1) is 5.10 Å². The van der Waals surface area contributed by atoms with Gasteiger partial charge in [0.2, 0.25) is 5.88 Å². The van der Waals surface area contributed by atoms with Gasteiger partial charge in [0.25, 0.3) is 5.91 Å². The Morgan fingerprint density at radius 1 is 1.16 bits per heavy atom. The van der Waals surface area contributed by atoms with Gasteiger partial charge < -0.3 is 14.5 Å². The zero-order chi connectivity index (χ0) is 17.6. The smallest absolute Gasteiger partial charge is 0.259 e. The summed E-state index contributed by atoms with van der Waals surface area (Å²) < 4.78 is 5.49. The number of carbonyl (C=O) groups excluding carboxylic acids is 1. The van der Waals surface area contributed by atoms with Crippen LogP contribution in [0, 0.1) is 6.92 Å². The molecule has 1 saturated heterocycles. The molecule has 0 unspecified atom stereocenters. The van der Waals surface area contributed by atoms with Crippen molar-refractivity contribution in [3.63, 3.8) is 0 Å². The number of carbonyl (C=O) groups is 1. The fourth-order valence-electron chi connectivity index (χ4n) is 2.89. The molecular formula is C18H23N5O2. The summed E-state index contributed by atoms with van der Waals surface area (Å²) in [5.74, 6) is 1.23. The Morgan fingerprint density at radius 3 is 2.80 bits per heavy atom. The average molecular weight is 341 g/mol. The van der Waals surface area contributed by atoms with Crippen molar-refractivity contribution in [1.82, 2.24) is 20.1 Å². The summed E-state index contributed by atoms with van der Waals surface area (Å²) in [7, 11) is 0. The Morgan fingerprint density at radius 2 is 2.04 bits per heavy atom. The molecule has 3 rings (SSSR count). The number of nitrogens with zero attached hydrogens (tertiary/aromatic N) is 5. The van der Waals surface area contributed by atoms with Crippen LogP contribution in [0.1, 0.15) is 29.4 Å². The van der Waals surface area contributed by atoms with Crippen molar-refractivity contribution in [2.75, 3.05) is 37.7 Å². The third-order valence-corrected chi connectivity index (χ3v) is 4.17. The fourth-order valence-corrected chi connectivity index (χ4v) is 2.89. The molecule has 2 aromatic rings. The molecule has 1 aliphatic heterocycles. The monoisotopic (exact) mass is 341 g/mol. The molecule has 0 radical (unpaired) electrons. The van der Waals surface area contributed by atoms with Crippen molar-refractivity contribution < 1.29 is 9.53 Å². The van der Waals surface area contributed by atoms with E-state index in [1.54, 1.807) is 18.3 Å². The van der Waals surface area contributed by atoms with Crippen molar-refractivity contribution in [3.8, 4) is 5.88 Å². The number of ether oxygens (including phenoxy) is 1. The van der Waals surface area contributed by atoms with Gasteiger partial charge in [0.1, 0.15) is 5.56 Å². The van der Waals surface area contributed by atoms with Gasteiger partial charge >= 0.3 is 0 Å². The Bertz CT molecular complexity index is 720. The van der Waals surface area contributed by atoms with Gasteiger partial charge in [-0.2, -0.15) is 5.10 Å². The van der Waals surface area contributed by atoms with Gasteiger partial charge in [-0.25, -0.2) is 4.98 Å². The SMILES string of the molecule is CCOc1ncccc1C(=O)N1CCCN(c2ccc(C)nn2)CC1. The van der Waals surface area contributed by atoms with E-state index in [0.717, 1.165) is 31.0 Å². The minimum atomic E-state index is -0.0339. The standard InChI is InChI=1S/C18H23N5O2/c1-3-25-17-15(6-4-9-19-17)18(24)23-11-5-10-22(12-13-23)16-8-7-14(2)20-21-16/h4,6-9H,3,5,10-13H2,1-2H3. The van der Waals surface area contributed by atoms with Crippen molar-refractivity contribution >= 4 is 11.7 Å². The topological polar surface area (TPSA) is 71.5 Å². The highest BCUT2D eigenvalue weighted by Crippen LogP contribution is 2.19. The molecule has 132 valence electrons. The Kier molecular flexibility index (Phi) is 5.42. The van der Waals surface area contributed by atoms with E-state index in [2.05, 4.69) is 20.1 Å². The summed E-state index contributed by atoms with van der Waals surface area (Å²) in [6.45, 7) is 7.21. The van der Waals surface area contributed by atoms with Crippen LogP contribution in [0.5, 0.6) is 5.88 Å². The number of hydrogen-bond acceptors (Lipinski definition) is 6. The maximum absolute atomic E-state index is 12.9. The van der Waals surface area contributed by atoms with Gasteiger partial charge in [-0.3, -0.25) is 4.79 Å². The first-order valence-electron chi connectivity index (χ1n) is 8.61. The molecule has 0 spiro atoms. The van der Waals surface area contributed by atoms with E-state index in [9.17, 15) is 4.79 Å². The van der Waals surface area contributed by atoms with E-state index < -0.39 is 0 Å². The number of rotatable bonds is 4. The highest BCUT2D eigenvalue weighted by Gasteiger charge is 2.23. The molecule has 0 bridgehead atoms. The van der Waals surface area contributed by atoms with Crippen LogP contribution >= 0.6 is 0 Å². The molecule has 25 heavy (non-hydrogen) atoms. The summed E-state index contributed by atoms with van der Waals surface area (Å²) in [6, 6.07) is 7.48. The third-order valence-electron chi connectivity index (χ3n) is 4.17. The van der Waals surface area contributed by atoms with Gasteiger partial charge in [0.05, 0.1) is 12.3 Å². The molecule has 1 aliphatic rings. The molecule has 2 aromatic heterocycles. The molecule has 0 saturated carbocycles. The van der Waals surface area contributed by atoms with Gasteiger partial charge in [0, 0.05) is 32.4 Å². The van der Waals surface area contributed by atoms with Crippen LogP contribution in [0.4, 0.5) is 5.82 Å². The van der Waals surface area contributed by atoms with E-state index >= 15 is 0 Å². The maximum atomic E-state index is 12.9. The number of aromatic nitrogens is 3. The highest BCUT2D eigenvalue weighted by atomic mass is 16.5. The molecule has 7 nitrogen and oxygen atoms in total. The summed E-state index contributed by atoms with van der Waals surface area (Å²) in [5.41, 5.74) is 1.42. The van der Waals surface area contributed by atoms with Crippen LogP contribution < -0.4 is 9.64 Å². The van der Waals surface area contributed by atoms with Crippen LogP contribution in [-0.4, -0.2) is 58.8 Å². The third kappa shape index (κ3) is 4.04. The summed E-state index contributed by atoms with van der Waals surface area (Å²) in [4.78, 5) is 21.1. The molecule has 0 aromatic carbocycles. The second-order valence-corrected chi connectivity index (χ2v) is 5.95. The lowest BCUT2D eigenvalue weighted by Crippen LogP contribution is -2.35. The molecule has 0 N–H and O–H groups in total.